The van der Waals surface area contributed by atoms with Gasteiger partial charge in [0.2, 0.25) is 17.7 Å². The number of rotatable bonds is 5. The van der Waals surface area contributed by atoms with Crippen molar-refractivity contribution in [1.82, 2.24) is 20.7 Å². The molecular formula is C11H17ClN6O3. The van der Waals surface area contributed by atoms with E-state index in [1.165, 1.54) is 27.5 Å². The number of hydrazone groups is 1. The number of aromatic nitrogens is 2. The van der Waals surface area contributed by atoms with Crippen LogP contribution in [-0.4, -0.2) is 56.6 Å². The van der Waals surface area contributed by atoms with Crippen LogP contribution in [-0.2, 0) is 0 Å². The van der Waals surface area contributed by atoms with Crippen molar-refractivity contribution in [3.8, 4) is 17.8 Å². The Bertz CT molecular complexity index is 512. The molecule has 0 radical (unpaired) electrons. The largest absolute Gasteiger partial charge is 0.480 e. The van der Waals surface area contributed by atoms with Crippen LogP contribution in [0.1, 0.15) is 5.56 Å². The van der Waals surface area contributed by atoms with E-state index in [1.807, 2.05) is 0 Å². The van der Waals surface area contributed by atoms with E-state index in [0.29, 0.717) is 23.3 Å². The summed E-state index contributed by atoms with van der Waals surface area (Å²) in [5, 5.41) is 7.08. The summed E-state index contributed by atoms with van der Waals surface area (Å²) in [4.78, 5) is 12.3. The summed E-state index contributed by atoms with van der Waals surface area (Å²) < 4.78 is 15.3. The van der Waals surface area contributed by atoms with E-state index in [4.69, 9.17) is 14.2 Å². The number of halogens is 1. The van der Waals surface area contributed by atoms with Gasteiger partial charge in [0.05, 0.1) is 34.1 Å². The minimum Gasteiger partial charge on any atom is -0.480 e. The summed E-state index contributed by atoms with van der Waals surface area (Å²) in [6, 6.07) is 0.158. The lowest BCUT2D eigenvalue weighted by Gasteiger charge is -2.09. The highest BCUT2D eigenvalue weighted by atomic mass is 35.5. The van der Waals surface area contributed by atoms with Crippen LogP contribution >= 0.6 is 12.4 Å². The molecule has 9 nitrogen and oxygen atoms in total. The van der Waals surface area contributed by atoms with Gasteiger partial charge in [0.1, 0.15) is 5.56 Å². The molecule has 1 aliphatic heterocycles. The number of methoxy groups -OCH3 is 3. The molecule has 0 saturated heterocycles. The predicted octanol–water partition coefficient (Wildman–Crippen LogP) is -0.193. The van der Waals surface area contributed by atoms with Crippen molar-refractivity contribution < 1.29 is 14.2 Å². The number of aliphatic imine (C=N–C) groups is 1. The third-order valence-electron chi connectivity index (χ3n) is 2.46. The van der Waals surface area contributed by atoms with Crippen LogP contribution in [0.25, 0.3) is 0 Å². The van der Waals surface area contributed by atoms with Crippen LogP contribution in [0.4, 0.5) is 0 Å². The molecule has 0 atom stereocenters. The summed E-state index contributed by atoms with van der Waals surface area (Å²) in [5.74, 6) is 1.23. The van der Waals surface area contributed by atoms with E-state index >= 15 is 0 Å². The fourth-order valence-corrected chi connectivity index (χ4v) is 1.55. The highest BCUT2D eigenvalue weighted by molar-refractivity contribution is 5.88. The van der Waals surface area contributed by atoms with Gasteiger partial charge in [-0.2, -0.15) is 15.1 Å². The van der Waals surface area contributed by atoms with Crippen LogP contribution in [0.15, 0.2) is 10.1 Å². The van der Waals surface area contributed by atoms with Crippen molar-refractivity contribution >= 4 is 24.6 Å². The minimum absolute atomic E-state index is 0. The number of hydrogen-bond donors (Lipinski definition) is 2. The zero-order chi connectivity index (χ0) is 14.4. The van der Waals surface area contributed by atoms with Crippen LogP contribution in [0, 0.1) is 0 Å². The van der Waals surface area contributed by atoms with Crippen LogP contribution in [0.3, 0.4) is 0 Å². The van der Waals surface area contributed by atoms with Gasteiger partial charge in [-0.15, -0.1) is 12.4 Å². The molecule has 0 bridgehead atoms. The molecule has 0 amide bonds. The standard InChI is InChI=1S/C11H16N6O3.ClH/c1-18-8-7(6-14-17-10-12-4-5-13-10)9(19-2)16-11(15-8)20-3;/h6H,4-5H2,1-3H3,(H2,12,13,17);1H/b14-6+;. The van der Waals surface area contributed by atoms with Gasteiger partial charge in [-0.3, -0.25) is 0 Å². The second kappa shape index (κ2) is 8.10. The highest BCUT2D eigenvalue weighted by Crippen LogP contribution is 2.25. The first kappa shape index (κ1) is 16.8. The Kier molecular flexibility index (Phi) is 6.47. The number of nitrogens with zero attached hydrogens (tertiary/aromatic N) is 4. The molecule has 0 aromatic carbocycles. The first-order chi connectivity index (χ1) is 9.78. The summed E-state index contributed by atoms with van der Waals surface area (Å²) in [6.07, 6.45) is 1.50. The van der Waals surface area contributed by atoms with Crippen LogP contribution in [0.2, 0.25) is 0 Å². The maximum absolute atomic E-state index is 5.18. The molecule has 0 saturated carbocycles. The van der Waals surface area contributed by atoms with Gasteiger partial charge in [-0.1, -0.05) is 0 Å². The van der Waals surface area contributed by atoms with Crippen molar-refractivity contribution in [2.24, 2.45) is 10.1 Å². The fourth-order valence-electron chi connectivity index (χ4n) is 1.55. The molecule has 2 heterocycles. The van der Waals surface area contributed by atoms with Gasteiger partial charge < -0.3 is 19.5 Å². The molecule has 10 heteroatoms. The molecule has 21 heavy (non-hydrogen) atoms. The highest BCUT2D eigenvalue weighted by Gasteiger charge is 2.15. The van der Waals surface area contributed by atoms with Gasteiger partial charge in [-0.25, -0.2) is 10.4 Å². The third-order valence-corrected chi connectivity index (χ3v) is 2.46. The fraction of sp³-hybridized carbons (Fsp3) is 0.455. The minimum atomic E-state index is 0. The van der Waals surface area contributed by atoms with E-state index in [2.05, 4.69) is 30.8 Å². The molecule has 1 aromatic heterocycles. The van der Waals surface area contributed by atoms with E-state index in [-0.39, 0.29) is 18.4 Å². The molecule has 2 rings (SSSR count). The monoisotopic (exact) mass is 316 g/mol. The van der Waals surface area contributed by atoms with Gasteiger partial charge in [-0.05, 0) is 0 Å². The molecular weight excluding hydrogens is 300 g/mol. The molecule has 0 unspecified atom stereocenters. The van der Waals surface area contributed by atoms with Crippen LogP contribution < -0.4 is 25.0 Å². The maximum Gasteiger partial charge on any atom is 0.322 e. The Labute approximate surface area is 128 Å². The second-order valence-corrected chi connectivity index (χ2v) is 3.67. The zero-order valence-electron chi connectivity index (χ0n) is 11.9. The van der Waals surface area contributed by atoms with Crippen molar-refractivity contribution in [2.45, 2.75) is 0 Å². The second-order valence-electron chi connectivity index (χ2n) is 3.67. The number of nitrogens with one attached hydrogen (secondary N) is 2. The lowest BCUT2D eigenvalue weighted by atomic mass is 10.3. The third kappa shape index (κ3) is 4.09. The lowest BCUT2D eigenvalue weighted by molar-refractivity contribution is 0.328. The Morgan fingerprint density at radius 1 is 1.14 bits per heavy atom. The zero-order valence-corrected chi connectivity index (χ0v) is 12.7. The number of guanidine groups is 1. The molecule has 116 valence electrons. The van der Waals surface area contributed by atoms with E-state index < -0.39 is 0 Å². The SMILES string of the molecule is COc1nc(OC)c(/C=N/NC2=NCCN2)c(OC)n1.Cl. The van der Waals surface area contributed by atoms with Gasteiger partial charge in [0, 0.05) is 6.54 Å². The van der Waals surface area contributed by atoms with Gasteiger partial charge in [0.15, 0.2) is 0 Å². The topological polar surface area (TPSA) is 102 Å². The molecule has 1 aliphatic rings. The lowest BCUT2D eigenvalue weighted by Crippen LogP contribution is -2.30. The maximum atomic E-state index is 5.18. The molecule has 1 aromatic rings. The smallest absolute Gasteiger partial charge is 0.322 e. The Morgan fingerprint density at radius 3 is 2.29 bits per heavy atom. The Balaban J connectivity index is 0.00000220. The Morgan fingerprint density at radius 2 is 1.81 bits per heavy atom. The normalized spacial score (nSPS) is 13.2. The molecule has 0 spiro atoms. The van der Waals surface area contributed by atoms with E-state index in [1.54, 1.807) is 0 Å². The predicted molar refractivity (Wildman–Crippen MR) is 80.0 cm³/mol. The van der Waals surface area contributed by atoms with Crippen LogP contribution in [0.5, 0.6) is 17.8 Å². The number of ether oxygens (including phenoxy) is 3. The summed E-state index contributed by atoms with van der Waals surface area (Å²) in [5.41, 5.74) is 3.27. The van der Waals surface area contributed by atoms with Gasteiger partial charge in [0.25, 0.3) is 0 Å². The number of hydrogen-bond acceptors (Lipinski definition) is 9. The average Bonchev–Trinajstić information content (AvgIpc) is 3.00. The van der Waals surface area contributed by atoms with Gasteiger partial charge >= 0.3 is 6.01 Å². The Hall–Kier alpha value is -2.29. The molecule has 2 N–H and O–H groups in total. The summed E-state index contributed by atoms with van der Waals surface area (Å²) in [7, 11) is 4.45. The van der Waals surface area contributed by atoms with Crippen molar-refractivity contribution in [3.05, 3.63) is 5.56 Å². The van der Waals surface area contributed by atoms with Crippen molar-refractivity contribution in [2.75, 3.05) is 34.4 Å². The molecule has 0 fully saturated rings. The summed E-state index contributed by atoms with van der Waals surface area (Å²) >= 11 is 0. The van der Waals surface area contributed by atoms with E-state index in [9.17, 15) is 0 Å². The summed E-state index contributed by atoms with van der Waals surface area (Å²) in [6.45, 7) is 1.53. The first-order valence-corrected chi connectivity index (χ1v) is 5.90. The van der Waals surface area contributed by atoms with Crippen molar-refractivity contribution in [1.29, 1.82) is 0 Å². The van der Waals surface area contributed by atoms with E-state index in [0.717, 1.165) is 13.1 Å². The first-order valence-electron chi connectivity index (χ1n) is 5.90. The quantitative estimate of drug-likeness (QED) is 0.573. The van der Waals surface area contributed by atoms with Crippen molar-refractivity contribution in [3.63, 3.8) is 0 Å². The average molecular weight is 317 g/mol. The molecule has 0 aliphatic carbocycles.